The van der Waals surface area contributed by atoms with Gasteiger partial charge in [-0.2, -0.15) is 5.10 Å². The lowest BCUT2D eigenvalue weighted by Crippen LogP contribution is -2.07. The first-order valence-electron chi connectivity index (χ1n) is 11.6. The van der Waals surface area contributed by atoms with Gasteiger partial charge < -0.3 is 0 Å². The van der Waals surface area contributed by atoms with E-state index < -0.39 is 0 Å². The van der Waals surface area contributed by atoms with Gasteiger partial charge in [-0.25, -0.2) is 4.98 Å². The molecule has 0 saturated carbocycles. The summed E-state index contributed by atoms with van der Waals surface area (Å²) in [5, 5.41) is 4.73. The summed E-state index contributed by atoms with van der Waals surface area (Å²) in [5.41, 5.74) is 7.32. The van der Waals surface area contributed by atoms with Crippen LogP contribution in [0.3, 0.4) is 0 Å². The van der Waals surface area contributed by atoms with E-state index in [4.69, 9.17) is 10.1 Å². The van der Waals surface area contributed by atoms with Crippen molar-refractivity contribution in [2.75, 3.05) is 0 Å². The summed E-state index contributed by atoms with van der Waals surface area (Å²) in [7, 11) is 1.99. The summed E-state index contributed by atoms with van der Waals surface area (Å²) < 4.78 is 1.92. The third-order valence-electron chi connectivity index (χ3n) is 6.00. The highest BCUT2D eigenvalue weighted by atomic mass is 15.3. The molecule has 0 unspecified atom stereocenters. The summed E-state index contributed by atoms with van der Waals surface area (Å²) >= 11 is 0. The minimum Gasteiger partial charge on any atom is -0.252 e. The Kier molecular flexibility index (Phi) is 6.44. The molecular weight excluding hydrogens is 414 g/mol. The van der Waals surface area contributed by atoms with Crippen molar-refractivity contribution in [1.29, 1.82) is 0 Å². The Morgan fingerprint density at radius 1 is 0.618 bits per heavy atom. The van der Waals surface area contributed by atoms with Crippen molar-refractivity contribution in [3.05, 3.63) is 149 Å². The van der Waals surface area contributed by atoms with Crippen LogP contribution < -0.4 is 0 Å². The zero-order chi connectivity index (χ0) is 23.2. The lowest BCUT2D eigenvalue weighted by molar-refractivity contribution is 0.712. The number of benzene rings is 4. The molecule has 5 aromatic rings. The van der Waals surface area contributed by atoms with Gasteiger partial charge in [0.05, 0.1) is 0 Å². The van der Waals surface area contributed by atoms with E-state index in [1.807, 2.05) is 29.9 Å². The third-order valence-corrected chi connectivity index (χ3v) is 6.00. The fraction of sp³-hybridized carbons (Fsp3) is 0.0968. The lowest BCUT2D eigenvalue weighted by atomic mass is 9.88. The highest BCUT2D eigenvalue weighted by Gasteiger charge is 2.17. The predicted molar refractivity (Wildman–Crippen MR) is 139 cm³/mol. The Morgan fingerprint density at radius 2 is 1.12 bits per heavy atom. The van der Waals surface area contributed by atoms with Gasteiger partial charge in [-0.1, -0.05) is 121 Å². The van der Waals surface area contributed by atoms with Gasteiger partial charge in [-0.15, -0.1) is 0 Å². The molecule has 0 aliphatic carbocycles. The second-order valence-electron chi connectivity index (χ2n) is 8.39. The fourth-order valence-electron chi connectivity index (χ4n) is 4.34. The molecule has 0 bridgehead atoms. The van der Waals surface area contributed by atoms with Crippen molar-refractivity contribution in [1.82, 2.24) is 14.8 Å². The Bertz CT molecular complexity index is 1330. The maximum absolute atomic E-state index is 4.95. The van der Waals surface area contributed by atoms with E-state index in [2.05, 4.69) is 103 Å². The van der Waals surface area contributed by atoms with Crippen LogP contribution in [-0.2, 0) is 19.9 Å². The lowest BCUT2D eigenvalue weighted by Gasteiger charge is -2.17. The van der Waals surface area contributed by atoms with Gasteiger partial charge >= 0.3 is 0 Å². The van der Waals surface area contributed by atoms with Gasteiger partial charge in [0.2, 0.25) is 0 Å². The second kappa shape index (κ2) is 10.1. The Balaban J connectivity index is 1.65. The maximum Gasteiger partial charge on any atom is 0.181 e. The van der Waals surface area contributed by atoms with Crippen molar-refractivity contribution < 1.29 is 0 Å². The number of allylic oxidation sites excluding steroid dienone is 1. The number of aryl methyl sites for hydroxylation is 1. The van der Waals surface area contributed by atoms with Crippen LogP contribution in [0.5, 0.6) is 0 Å². The number of aromatic nitrogens is 3. The quantitative estimate of drug-likeness (QED) is 0.279. The van der Waals surface area contributed by atoms with Crippen molar-refractivity contribution in [2.45, 2.75) is 12.8 Å². The van der Waals surface area contributed by atoms with Crippen molar-refractivity contribution in [3.63, 3.8) is 0 Å². The molecule has 166 valence electrons. The molecule has 5 rings (SSSR count). The van der Waals surface area contributed by atoms with Crippen LogP contribution in [0.25, 0.3) is 17.0 Å². The zero-order valence-electron chi connectivity index (χ0n) is 19.3. The minimum absolute atomic E-state index is 0.713. The third kappa shape index (κ3) is 4.89. The SMILES string of the molecule is Cn1nc(-c2ccccc2)nc1CC(Cc1ccccc1)=C(c1ccccc1)c1ccccc1. The Labute approximate surface area is 201 Å². The van der Waals surface area contributed by atoms with E-state index in [0.717, 1.165) is 23.6 Å². The average Bonchev–Trinajstić information content (AvgIpc) is 3.26. The average molecular weight is 442 g/mol. The van der Waals surface area contributed by atoms with Crippen LogP contribution >= 0.6 is 0 Å². The first-order chi connectivity index (χ1) is 16.8. The van der Waals surface area contributed by atoms with Crippen molar-refractivity contribution >= 4 is 5.57 Å². The van der Waals surface area contributed by atoms with E-state index in [1.54, 1.807) is 0 Å². The van der Waals surface area contributed by atoms with Gasteiger partial charge in [-0.05, 0) is 34.3 Å². The van der Waals surface area contributed by atoms with Crippen LogP contribution in [0.4, 0.5) is 0 Å². The molecule has 0 fully saturated rings. The predicted octanol–water partition coefficient (Wildman–Crippen LogP) is 6.77. The number of hydrogen-bond donors (Lipinski definition) is 0. The van der Waals surface area contributed by atoms with Gasteiger partial charge in [-0.3, -0.25) is 4.68 Å². The topological polar surface area (TPSA) is 30.7 Å². The van der Waals surface area contributed by atoms with Gasteiger partial charge in [0, 0.05) is 19.0 Å². The Morgan fingerprint density at radius 3 is 1.68 bits per heavy atom. The van der Waals surface area contributed by atoms with Crippen LogP contribution in [0, 0.1) is 0 Å². The highest BCUT2D eigenvalue weighted by molar-refractivity contribution is 5.82. The van der Waals surface area contributed by atoms with Gasteiger partial charge in [0.25, 0.3) is 0 Å². The molecule has 0 N–H and O–H groups in total. The molecule has 0 aliphatic rings. The van der Waals surface area contributed by atoms with Gasteiger partial charge in [0.1, 0.15) is 5.82 Å². The summed E-state index contributed by atoms with van der Waals surface area (Å²) in [5.74, 6) is 1.72. The first kappa shape index (κ1) is 21.6. The van der Waals surface area contributed by atoms with Crippen molar-refractivity contribution in [2.24, 2.45) is 7.05 Å². The second-order valence-corrected chi connectivity index (χ2v) is 8.39. The summed E-state index contributed by atoms with van der Waals surface area (Å²) in [6, 6.07) is 42.2. The van der Waals surface area contributed by atoms with Crippen LogP contribution in [0.2, 0.25) is 0 Å². The van der Waals surface area contributed by atoms with Crippen LogP contribution in [0.15, 0.2) is 127 Å². The fourth-order valence-corrected chi connectivity index (χ4v) is 4.34. The van der Waals surface area contributed by atoms with Crippen LogP contribution in [0.1, 0.15) is 22.5 Å². The molecule has 1 aromatic heterocycles. The molecule has 3 nitrogen and oxygen atoms in total. The Hall–Kier alpha value is -4.24. The first-order valence-corrected chi connectivity index (χ1v) is 11.6. The molecule has 1 heterocycles. The zero-order valence-corrected chi connectivity index (χ0v) is 19.3. The van der Waals surface area contributed by atoms with E-state index in [9.17, 15) is 0 Å². The van der Waals surface area contributed by atoms with Crippen molar-refractivity contribution in [3.8, 4) is 11.4 Å². The highest BCUT2D eigenvalue weighted by Crippen LogP contribution is 2.31. The molecule has 3 heteroatoms. The molecular formula is C31H27N3. The molecule has 0 spiro atoms. The van der Waals surface area contributed by atoms with E-state index in [0.29, 0.717) is 6.42 Å². The smallest absolute Gasteiger partial charge is 0.181 e. The largest absolute Gasteiger partial charge is 0.252 e. The normalized spacial score (nSPS) is 10.7. The number of nitrogens with zero attached hydrogens (tertiary/aromatic N) is 3. The molecule has 34 heavy (non-hydrogen) atoms. The molecule has 4 aromatic carbocycles. The molecule has 0 aliphatic heterocycles. The maximum atomic E-state index is 4.95. The summed E-state index contributed by atoms with van der Waals surface area (Å²) in [6.45, 7) is 0. The summed E-state index contributed by atoms with van der Waals surface area (Å²) in [6.07, 6.45) is 1.55. The molecule has 0 radical (unpaired) electrons. The van der Waals surface area contributed by atoms with Crippen LogP contribution in [-0.4, -0.2) is 14.8 Å². The minimum atomic E-state index is 0.713. The molecule has 0 atom stereocenters. The summed E-state index contributed by atoms with van der Waals surface area (Å²) in [4.78, 5) is 4.95. The molecule has 0 saturated heterocycles. The van der Waals surface area contributed by atoms with E-state index in [-0.39, 0.29) is 0 Å². The number of rotatable bonds is 7. The van der Waals surface area contributed by atoms with E-state index in [1.165, 1.54) is 27.8 Å². The van der Waals surface area contributed by atoms with E-state index >= 15 is 0 Å². The molecule has 0 amide bonds. The van der Waals surface area contributed by atoms with Gasteiger partial charge in [0.15, 0.2) is 5.82 Å². The number of hydrogen-bond acceptors (Lipinski definition) is 2. The monoisotopic (exact) mass is 441 g/mol. The standard InChI is InChI=1S/C31H27N3/c1-34-29(32-31(33-34)27-20-12-5-13-21-27)23-28(22-24-14-6-2-7-15-24)30(25-16-8-3-9-17-25)26-18-10-4-11-19-26/h2-21H,22-23H2,1H3.